The first-order valence-corrected chi connectivity index (χ1v) is 8.54. The molecule has 1 unspecified atom stereocenters. The summed E-state index contributed by atoms with van der Waals surface area (Å²) in [6, 6.07) is 11.1. The van der Waals surface area contributed by atoms with Gasteiger partial charge < -0.3 is 0 Å². The minimum Gasteiger partial charge on any atom is -0.103 e. The fraction of sp³-hybridized carbons (Fsp3) is 0.600. The molecule has 0 nitrogen and oxygen atoms in total. The van der Waals surface area contributed by atoms with Crippen molar-refractivity contribution in [1.29, 1.82) is 0 Å². The van der Waals surface area contributed by atoms with Crippen LogP contribution in [0.15, 0.2) is 43.0 Å². The third-order valence-corrected chi connectivity index (χ3v) is 4.14. The summed E-state index contributed by atoms with van der Waals surface area (Å²) in [4.78, 5) is 0. The molecule has 0 saturated heterocycles. The number of hydrogen-bond acceptors (Lipinski definition) is 0. The molecule has 0 aliphatic carbocycles. The number of hydrogen-bond donors (Lipinski definition) is 0. The lowest BCUT2D eigenvalue weighted by molar-refractivity contribution is 0.500. The first kappa shape index (κ1) is 17.0. The highest BCUT2D eigenvalue weighted by Crippen LogP contribution is 2.28. The van der Waals surface area contributed by atoms with Gasteiger partial charge in [-0.25, -0.2) is 0 Å². The SMILES string of the molecule is C=CCCCCC(CCCCCCC)c1ccccc1. The van der Waals surface area contributed by atoms with E-state index in [1.54, 1.807) is 5.56 Å². The molecule has 0 N–H and O–H groups in total. The minimum absolute atomic E-state index is 0.766. The monoisotopic (exact) mass is 272 g/mol. The molecule has 0 heterocycles. The molecule has 112 valence electrons. The molecule has 0 radical (unpaired) electrons. The van der Waals surface area contributed by atoms with Gasteiger partial charge in [-0.2, -0.15) is 0 Å². The van der Waals surface area contributed by atoms with Gasteiger partial charge in [-0.15, -0.1) is 6.58 Å². The molecule has 0 spiro atoms. The summed E-state index contributed by atoms with van der Waals surface area (Å²) < 4.78 is 0. The van der Waals surface area contributed by atoms with Crippen molar-refractivity contribution < 1.29 is 0 Å². The highest BCUT2D eigenvalue weighted by Gasteiger charge is 2.10. The van der Waals surface area contributed by atoms with E-state index in [2.05, 4.69) is 43.8 Å². The van der Waals surface area contributed by atoms with E-state index in [-0.39, 0.29) is 0 Å². The van der Waals surface area contributed by atoms with Gasteiger partial charge >= 0.3 is 0 Å². The lowest BCUT2D eigenvalue weighted by Gasteiger charge is -2.17. The van der Waals surface area contributed by atoms with E-state index in [4.69, 9.17) is 0 Å². The normalized spacial score (nSPS) is 12.2. The second kappa shape index (κ2) is 11.8. The minimum atomic E-state index is 0.766. The van der Waals surface area contributed by atoms with Gasteiger partial charge in [-0.05, 0) is 37.2 Å². The van der Waals surface area contributed by atoms with Gasteiger partial charge in [0.05, 0.1) is 0 Å². The molecular weight excluding hydrogens is 240 g/mol. The maximum Gasteiger partial charge on any atom is -0.0162 e. The predicted octanol–water partition coefficient (Wildman–Crippen LogP) is 6.88. The van der Waals surface area contributed by atoms with Crippen LogP contribution in [-0.4, -0.2) is 0 Å². The van der Waals surface area contributed by atoms with Crippen LogP contribution in [0.25, 0.3) is 0 Å². The average molecular weight is 272 g/mol. The van der Waals surface area contributed by atoms with Gasteiger partial charge in [-0.3, -0.25) is 0 Å². The van der Waals surface area contributed by atoms with Gasteiger partial charge in [0.1, 0.15) is 0 Å². The first-order chi connectivity index (χ1) is 9.88. The number of benzene rings is 1. The predicted molar refractivity (Wildman–Crippen MR) is 91.2 cm³/mol. The van der Waals surface area contributed by atoms with Crippen LogP contribution in [0.1, 0.15) is 82.6 Å². The van der Waals surface area contributed by atoms with Crippen molar-refractivity contribution >= 4 is 0 Å². The van der Waals surface area contributed by atoms with E-state index in [0.717, 1.165) is 12.3 Å². The van der Waals surface area contributed by atoms with E-state index >= 15 is 0 Å². The van der Waals surface area contributed by atoms with Gasteiger partial charge in [0.15, 0.2) is 0 Å². The topological polar surface area (TPSA) is 0 Å². The Hall–Kier alpha value is -1.04. The quantitative estimate of drug-likeness (QED) is 0.287. The number of rotatable bonds is 12. The molecule has 0 aliphatic heterocycles. The van der Waals surface area contributed by atoms with E-state index in [1.165, 1.54) is 57.8 Å². The zero-order valence-corrected chi connectivity index (χ0v) is 13.3. The fourth-order valence-electron chi connectivity index (χ4n) is 2.88. The van der Waals surface area contributed by atoms with Crippen molar-refractivity contribution in [3.8, 4) is 0 Å². The Kier molecular flexibility index (Phi) is 10.0. The molecule has 0 amide bonds. The van der Waals surface area contributed by atoms with Crippen LogP contribution in [0.4, 0.5) is 0 Å². The van der Waals surface area contributed by atoms with Gasteiger partial charge in [-0.1, -0.05) is 81.9 Å². The Morgan fingerprint density at radius 2 is 1.55 bits per heavy atom. The van der Waals surface area contributed by atoms with Crippen LogP contribution >= 0.6 is 0 Å². The molecule has 1 atom stereocenters. The van der Waals surface area contributed by atoms with Crippen molar-refractivity contribution in [1.82, 2.24) is 0 Å². The fourth-order valence-corrected chi connectivity index (χ4v) is 2.88. The smallest absolute Gasteiger partial charge is 0.0162 e. The highest BCUT2D eigenvalue weighted by atomic mass is 14.2. The second-order valence-electron chi connectivity index (χ2n) is 5.88. The van der Waals surface area contributed by atoms with E-state index in [0.29, 0.717) is 0 Å². The van der Waals surface area contributed by atoms with Crippen LogP contribution in [0.5, 0.6) is 0 Å². The largest absolute Gasteiger partial charge is 0.103 e. The number of unbranched alkanes of at least 4 members (excludes halogenated alkanes) is 6. The summed E-state index contributed by atoms with van der Waals surface area (Å²) in [5.41, 5.74) is 1.54. The molecule has 0 bridgehead atoms. The zero-order chi connectivity index (χ0) is 14.5. The Bertz CT molecular complexity index is 325. The molecule has 1 rings (SSSR count). The van der Waals surface area contributed by atoms with E-state index in [9.17, 15) is 0 Å². The van der Waals surface area contributed by atoms with Gasteiger partial charge in [0.2, 0.25) is 0 Å². The summed E-state index contributed by atoms with van der Waals surface area (Å²) in [7, 11) is 0. The molecule has 0 aromatic heterocycles. The van der Waals surface area contributed by atoms with Crippen LogP contribution in [0, 0.1) is 0 Å². The molecule has 20 heavy (non-hydrogen) atoms. The molecule has 0 heteroatoms. The van der Waals surface area contributed by atoms with Gasteiger partial charge in [0.25, 0.3) is 0 Å². The lowest BCUT2D eigenvalue weighted by Crippen LogP contribution is -1.99. The second-order valence-corrected chi connectivity index (χ2v) is 5.88. The van der Waals surface area contributed by atoms with Crippen LogP contribution in [0.3, 0.4) is 0 Å². The maximum absolute atomic E-state index is 3.81. The van der Waals surface area contributed by atoms with Crippen molar-refractivity contribution in [3.63, 3.8) is 0 Å². The molecule has 0 saturated carbocycles. The van der Waals surface area contributed by atoms with Crippen LogP contribution in [-0.2, 0) is 0 Å². The van der Waals surface area contributed by atoms with E-state index in [1.807, 2.05) is 6.08 Å². The first-order valence-electron chi connectivity index (χ1n) is 8.54. The summed E-state index contributed by atoms with van der Waals surface area (Å²) in [5, 5.41) is 0. The average Bonchev–Trinajstić information content (AvgIpc) is 2.50. The summed E-state index contributed by atoms with van der Waals surface area (Å²) >= 11 is 0. The van der Waals surface area contributed by atoms with Gasteiger partial charge in [0, 0.05) is 0 Å². The Balaban J connectivity index is 2.36. The molecular formula is C20H32. The molecule has 1 aromatic carbocycles. The van der Waals surface area contributed by atoms with E-state index < -0.39 is 0 Å². The Morgan fingerprint density at radius 1 is 0.900 bits per heavy atom. The molecule has 1 aromatic rings. The Labute approximate surface area is 126 Å². The van der Waals surface area contributed by atoms with Crippen molar-refractivity contribution in [2.45, 2.75) is 77.0 Å². The Morgan fingerprint density at radius 3 is 2.20 bits per heavy atom. The lowest BCUT2D eigenvalue weighted by atomic mass is 9.88. The van der Waals surface area contributed by atoms with Crippen LogP contribution in [0.2, 0.25) is 0 Å². The molecule has 0 aliphatic rings. The third kappa shape index (κ3) is 7.53. The summed E-state index contributed by atoms with van der Waals surface area (Å²) in [6.45, 7) is 6.10. The summed E-state index contributed by atoms with van der Waals surface area (Å²) in [6.07, 6.45) is 15.5. The van der Waals surface area contributed by atoms with Crippen molar-refractivity contribution in [2.24, 2.45) is 0 Å². The number of allylic oxidation sites excluding steroid dienone is 1. The third-order valence-electron chi connectivity index (χ3n) is 4.14. The highest BCUT2D eigenvalue weighted by molar-refractivity contribution is 5.19. The standard InChI is InChI=1S/C20H32/c1-3-5-7-9-12-16-19(15-11-8-6-4-2)20-17-13-10-14-18-20/h4,10,13-14,17-19H,2-3,5-9,11-12,15-16H2,1H3. The van der Waals surface area contributed by atoms with Crippen LogP contribution < -0.4 is 0 Å². The van der Waals surface area contributed by atoms with Crippen molar-refractivity contribution in [3.05, 3.63) is 48.6 Å². The summed E-state index contributed by atoms with van der Waals surface area (Å²) in [5.74, 6) is 0.766. The molecule has 0 fully saturated rings. The maximum atomic E-state index is 3.81. The zero-order valence-electron chi connectivity index (χ0n) is 13.3. The van der Waals surface area contributed by atoms with Crippen molar-refractivity contribution in [2.75, 3.05) is 0 Å².